The van der Waals surface area contributed by atoms with E-state index in [2.05, 4.69) is 0 Å². The minimum atomic E-state index is -0.498. The molecule has 2 heterocycles. The van der Waals surface area contributed by atoms with Crippen LogP contribution in [0.15, 0.2) is 78.9 Å². The van der Waals surface area contributed by atoms with Gasteiger partial charge in [0, 0.05) is 16.7 Å². The largest absolute Gasteiger partial charge is 0.454 e. The summed E-state index contributed by atoms with van der Waals surface area (Å²) in [5, 5.41) is 14.1. The maximum atomic E-state index is 12.2. The third-order valence-electron chi connectivity index (χ3n) is 5.38. The van der Waals surface area contributed by atoms with Crippen LogP contribution in [-0.2, 0) is 17.8 Å². The molecule has 1 aliphatic rings. The van der Waals surface area contributed by atoms with E-state index in [0.717, 1.165) is 33.7 Å². The number of aromatic nitrogens is 2. The predicted octanol–water partition coefficient (Wildman–Crippen LogP) is 4.04. The molecule has 0 fully saturated rings. The van der Waals surface area contributed by atoms with Crippen LogP contribution in [0.4, 0.5) is 0 Å². The Hall–Kier alpha value is -4.10. The molecular weight excluding hydrogens is 406 g/mol. The van der Waals surface area contributed by atoms with Crippen LogP contribution >= 0.6 is 0 Å². The van der Waals surface area contributed by atoms with Gasteiger partial charge in [-0.05, 0) is 17.7 Å². The maximum Gasteiger partial charge on any atom is 0.247 e. The van der Waals surface area contributed by atoms with E-state index in [4.69, 9.17) is 14.6 Å². The molecule has 5 rings (SSSR count). The van der Waals surface area contributed by atoms with Gasteiger partial charge in [-0.2, -0.15) is 5.10 Å². The molecule has 1 aliphatic heterocycles. The second-order valence-electron chi connectivity index (χ2n) is 7.46. The topological polar surface area (TPSA) is 85.6 Å². The van der Waals surface area contributed by atoms with E-state index in [1.54, 1.807) is 5.48 Å². The molecule has 0 saturated carbocycles. The fourth-order valence-electron chi connectivity index (χ4n) is 3.94. The zero-order valence-corrected chi connectivity index (χ0v) is 17.2. The minimum absolute atomic E-state index is 0.00784. The fourth-order valence-corrected chi connectivity index (χ4v) is 3.94. The van der Waals surface area contributed by atoms with Gasteiger partial charge in [0.1, 0.15) is 0 Å². The van der Waals surface area contributed by atoms with Crippen LogP contribution in [0.3, 0.4) is 0 Å². The number of fused-ring (bicyclic) bond motifs is 1. The third-order valence-corrected chi connectivity index (χ3v) is 5.38. The highest BCUT2D eigenvalue weighted by Gasteiger charge is 2.23. The van der Waals surface area contributed by atoms with Crippen molar-refractivity contribution >= 4 is 5.91 Å². The number of carbonyl (C=O) groups excluding carboxylic acids is 1. The molecule has 3 aromatic carbocycles. The number of nitrogens with zero attached hydrogens (tertiary/aromatic N) is 2. The lowest BCUT2D eigenvalue weighted by Gasteiger charge is -2.11. The van der Waals surface area contributed by atoms with Crippen LogP contribution < -0.4 is 15.0 Å². The molecule has 0 bridgehead atoms. The first-order valence-electron chi connectivity index (χ1n) is 10.2. The molecule has 0 aliphatic carbocycles. The molecule has 2 N–H and O–H groups in total. The van der Waals surface area contributed by atoms with E-state index >= 15 is 0 Å². The molecule has 32 heavy (non-hydrogen) atoms. The molecule has 1 amide bonds. The molecule has 160 valence electrons. The molecular formula is C25H21N3O4. The summed E-state index contributed by atoms with van der Waals surface area (Å²) in [7, 11) is 0. The van der Waals surface area contributed by atoms with Gasteiger partial charge in [0.2, 0.25) is 12.7 Å². The van der Waals surface area contributed by atoms with Gasteiger partial charge in [0.15, 0.2) is 11.5 Å². The predicted molar refractivity (Wildman–Crippen MR) is 118 cm³/mol. The Kier molecular flexibility index (Phi) is 5.31. The Bertz CT molecular complexity index is 1250. The van der Waals surface area contributed by atoms with Crippen molar-refractivity contribution in [2.75, 3.05) is 6.79 Å². The molecule has 0 radical (unpaired) electrons. The lowest BCUT2D eigenvalue weighted by atomic mass is 9.99. The lowest BCUT2D eigenvalue weighted by molar-refractivity contribution is -0.128. The Labute approximate surface area is 184 Å². The van der Waals surface area contributed by atoms with Gasteiger partial charge in [-0.3, -0.25) is 14.7 Å². The smallest absolute Gasteiger partial charge is 0.247 e. The van der Waals surface area contributed by atoms with E-state index in [1.165, 1.54) is 0 Å². The normalized spacial score (nSPS) is 12.0. The van der Waals surface area contributed by atoms with Crippen molar-refractivity contribution in [2.24, 2.45) is 0 Å². The monoisotopic (exact) mass is 427 g/mol. The number of carbonyl (C=O) groups is 1. The minimum Gasteiger partial charge on any atom is -0.454 e. The van der Waals surface area contributed by atoms with Gasteiger partial charge < -0.3 is 9.47 Å². The quantitative estimate of drug-likeness (QED) is 0.358. The average Bonchev–Trinajstić information content (AvgIpc) is 3.44. The van der Waals surface area contributed by atoms with Crippen molar-refractivity contribution in [3.63, 3.8) is 0 Å². The first kappa shape index (κ1) is 19.8. The van der Waals surface area contributed by atoms with Gasteiger partial charge in [-0.1, -0.05) is 66.7 Å². The Balaban J connectivity index is 1.67. The van der Waals surface area contributed by atoms with Crippen LogP contribution in [-0.4, -0.2) is 27.7 Å². The first-order valence-corrected chi connectivity index (χ1v) is 10.2. The second kappa shape index (κ2) is 8.56. The van der Waals surface area contributed by atoms with Crippen molar-refractivity contribution in [1.29, 1.82) is 0 Å². The highest BCUT2D eigenvalue weighted by molar-refractivity contribution is 5.85. The third kappa shape index (κ3) is 3.81. The van der Waals surface area contributed by atoms with Crippen LogP contribution in [0.25, 0.3) is 22.5 Å². The molecule has 7 nitrogen and oxygen atoms in total. The first-order chi connectivity index (χ1) is 15.7. The summed E-state index contributed by atoms with van der Waals surface area (Å²) in [6.45, 7) is 0.690. The van der Waals surface area contributed by atoms with E-state index in [0.29, 0.717) is 18.0 Å². The number of amides is 1. The Morgan fingerprint density at radius 3 is 2.34 bits per heavy atom. The zero-order chi connectivity index (χ0) is 21.9. The molecule has 0 spiro atoms. The average molecular weight is 427 g/mol. The number of hydrogen-bond donors (Lipinski definition) is 2. The number of rotatable bonds is 6. The lowest BCUT2D eigenvalue weighted by Crippen LogP contribution is -2.21. The standard InChI is InChI=1S/C25H21N3O4/c29-23(27-30)14-20-24(18-7-3-1-4-8-18)26-28(25(20)19-9-5-2-6-10-19)15-17-11-12-21-22(13-17)32-16-31-21/h1-13,30H,14-16H2,(H,27,29). The molecule has 0 atom stereocenters. The van der Waals surface area contributed by atoms with Crippen molar-refractivity contribution in [2.45, 2.75) is 13.0 Å². The van der Waals surface area contributed by atoms with Crippen molar-refractivity contribution in [1.82, 2.24) is 15.3 Å². The van der Waals surface area contributed by atoms with Gasteiger partial charge in [-0.15, -0.1) is 0 Å². The molecule has 1 aromatic heterocycles. The van der Waals surface area contributed by atoms with Crippen molar-refractivity contribution in [3.8, 4) is 34.0 Å². The van der Waals surface area contributed by atoms with Gasteiger partial charge in [0.25, 0.3) is 0 Å². The van der Waals surface area contributed by atoms with Crippen molar-refractivity contribution in [3.05, 3.63) is 90.0 Å². The van der Waals surface area contributed by atoms with Gasteiger partial charge >= 0.3 is 0 Å². The number of nitrogens with one attached hydrogen (secondary N) is 1. The van der Waals surface area contributed by atoms with Crippen LogP contribution in [0, 0.1) is 0 Å². The molecule has 7 heteroatoms. The van der Waals surface area contributed by atoms with E-state index in [1.807, 2.05) is 83.5 Å². The van der Waals surface area contributed by atoms with Crippen LogP contribution in [0.5, 0.6) is 11.5 Å². The summed E-state index contributed by atoms with van der Waals surface area (Å²) < 4.78 is 12.8. The zero-order valence-electron chi connectivity index (χ0n) is 17.2. The van der Waals surface area contributed by atoms with E-state index in [-0.39, 0.29) is 13.2 Å². The highest BCUT2D eigenvalue weighted by Crippen LogP contribution is 2.35. The summed E-state index contributed by atoms with van der Waals surface area (Å²) in [6.07, 6.45) is -0.00784. The SMILES string of the molecule is O=C(Cc1c(-c2ccccc2)nn(Cc2ccc3c(c2)OCO3)c1-c1ccccc1)NO. The molecule has 0 unspecified atom stereocenters. The van der Waals surface area contributed by atoms with E-state index < -0.39 is 5.91 Å². The van der Waals surface area contributed by atoms with E-state index in [9.17, 15) is 10.0 Å². The number of ether oxygens (including phenoxy) is 2. The maximum absolute atomic E-state index is 12.2. The number of hydroxylamine groups is 1. The Morgan fingerprint density at radius 2 is 1.62 bits per heavy atom. The number of benzene rings is 3. The molecule has 4 aromatic rings. The Morgan fingerprint density at radius 1 is 0.938 bits per heavy atom. The second-order valence-corrected chi connectivity index (χ2v) is 7.46. The highest BCUT2D eigenvalue weighted by atomic mass is 16.7. The van der Waals surface area contributed by atoms with Crippen molar-refractivity contribution < 1.29 is 19.5 Å². The summed E-state index contributed by atoms with van der Waals surface area (Å²) in [5.74, 6) is 0.934. The fraction of sp³-hybridized carbons (Fsp3) is 0.120. The summed E-state index contributed by atoms with van der Waals surface area (Å²) in [6, 6.07) is 25.4. The van der Waals surface area contributed by atoms with Crippen LogP contribution in [0.1, 0.15) is 11.1 Å². The molecule has 0 saturated heterocycles. The summed E-state index contributed by atoms with van der Waals surface area (Å²) in [5.41, 5.74) is 6.85. The van der Waals surface area contributed by atoms with Gasteiger partial charge in [0.05, 0.1) is 24.4 Å². The summed E-state index contributed by atoms with van der Waals surface area (Å²) >= 11 is 0. The van der Waals surface area contributed by atoms with Gasteiger partial charge in [-0.25, -0.2) is 5.48 Å². The summed E-state index contributed by atoms with van der Waals surface area (Å²) in [4.78, 5) is 12.2. The van der Waals surface area contributed by atoms with Crippen LogP contribution in [0.2, 0.25) is 0 Å². The number of hydrogen-bond acceptors (Lipinski definition) is 5.